The number of pyridine rings is 1. The fourth-order valence-corrected chi connectivity index (χ4v) is 5.01. The number of aromatic nitrogens is 1. The fourth-order valence-electron chi connectivity index (χ4n) is 5.01. The Balaban J connectivity index is 1.17. The molecule has 4 nitrogen and oxygen atoms in total. The van der Waals surface area contributed by atoms with Crippen molar-refractivity contribution in [2.24, 2.45) is 29.6 Å². The summed E-state index contributed by atoms with van der Waals surface area (Å²) in [6, 6.07) is 9.72. The second kappa shape index (κ2) is 4.95. The zero-order valence-electron chi connectivity index (χ0n) is 12.9. The second-order valence-electron chi connectivity index (χ2n) is 7.00. The first-order valence-corrected chi connectivity index (χ1v) is 8.46. The number of carbonyl (C=O) groups is 1. The molecule has 3 atom stereocenters. The van der Waals surface area contributed by atoms with E-state index in [1.165, 1.54) is 12.8 Å². The SMILES string of the molecule is O=C(OCCOc1ccnc2ccccc12)C1C2CC3C(C2)C31. The normalized spacial score (nSPS) is 33.0. The van der Waals surface area contributed by atoms with Crippen molar-refractivity contribution in [3.05, 3.63) is 36.5 Å². The maximum Gasteiger partial charge on any atom is 0.309 e. The summed E-state index contributed by atoms with van der Waals surface area (Å²) in [4.78, 5) is 16.6. The number of esters is 1. The lowest BCUT2D eigenvalue weighted by Crippen LogP contribution is -2.23. The minimum atomic E-state index is 0.00527. The van der Waals surface area contributed by atoms with Crippen LogP contribution >= 0.6 is 0 Å². The second-order valence-corrected chi connectivity index (χ2v) is 7.00. The van der Waals surface area contributed by atoms with E-state index in [0.29, 0.717) is 25.0 Å². The molecule has 1 aromatic carbocycles. The summed E-state index contributed by atoms with van der Waals surface area (Å²) in [5.41, 5.74) is 0.910. The van der Waals surface area contributed by atoms with E-state index in [0.717, 1.165) is 28.5 Å². The quantitative estimate of drug-likeness (QED) is 0.629. The summed E-state index contributed by atoms with van der Waals surface area (Å²) in [5.74, 6) is 3.92. The molecule has 4 bridgehead atoms. The van der Waals surface area contributed by atoms with Gasteiger partial charge >= 0.3 is 5.97 Å². The summed E-state index contributed by atoms with van der Waals surface area (Å²) < 4.78 is 11.3. The Morgan fingerprint density at radius 3 is 2.74 bits per heavy atom. The van der Waals surface area contributed by atoms with E-state index in [9.17, 15) is 4.79 Å². The van der Waals surface area contributed by atoms with Gasteiger partial charge < -0.3 is 9.47 Å². The highest BCUT2D eigenvalue weighted by Gasteiger charge is 2.70. The first-order chi connectivity index (χ1) is 11.3. The third-order valence-corrected chi connectivity index (χ3v) is 5.94. The molecule has 1 heterocycles. The third-order valence-electron chi connectivity index (χ3n) is 5.94. The van der Waals surface area contributed by atoms with Gasteiger partial charge in [-0.15, -0.1) is 0 Å². The van der Waals surface area contributed by atoms with Crippen LogP contribution in [0, 0.1) is 29.6 Å². The number of nitrogens with zero attached hydrogens (tertiary/aromatic N) is 1. The molecule has 4 aliphatic carbocycles. The molecule has 3 unspecified atom stereocenters. The zero-order chi connectivity index (χ0) is 15.4. The maximum absolute atomic E-state index is 12.3. The van der Waals surface area contributed by atoms with Crippen LogP contribution < -0.4 is 4.74 Å². The van der Waals surface area contributed by atoms with Gasteiger partial charge in [0.25, 0.3) is 0 Å². The van der Waals surface area contributed by atoms with Gasteiger partial charge in [0.1, 0.15) is 19.0 Å². The van der Waals surface area contributed by atoms with Crippen LogP contribution in [0.15, 0.2) is 36.5 Å². The van der Waals surface area contributed by atoms with Crippen LogP contribution in [0.5, 0.6) is 5.75 Å². The van der Waals surface area contributed by atoms with Crippen LogP contribution in [0.4, 0.5) is 0 Å². The molecule has 2 aromatic rings. The average molecular weight is 309 g/mol. The van der Waals surface area contributed by atoms with Crippen LogP contribution in [0.25, 0.3) is 10.9 Å². The minimum absolute atomic E-state index is 0.00527. The molecule has 0 amide bonds. The highest BCUT2D eigenvalue weighted by atomic mass is 16.6. The molecule has 4 aliphatic rings. The Bertz CT molecular complexity index is 755. The molecule has 4 fully saturated rings. The highest BCUT2D eigenvalue weighted by Crippen LogP contribution is 2.73. The van der Waals surface area contributed by atoms with Crippen molar-refractivity contribution in [2.45, 2.75) is 12.8 Å². The number of ether oxygens (including phenoxy) is 2. The van der Waals surface area contributed by atoms with Gasteiger partial charge in [-0.1, -0.05) is 12.1 Å². The Kier molecular flexibility index (Phi) is 2.87. The van der Waals surface area contributed by atoms with E-state index in [-0.39, 0.29) is 11.9 Å². The van der Waals surface area contributed by atoms with E-state index in [4.69, 9.17) is 9.47 Å². The zero-order valence-corrected chi connectivity index (χ0v) is 12.9. The summed E-state index contributed by atoms with van der Waals surface area (Å²) in [6.45, 7) is 0.704. The average Bonchev–Trinajstić information content (AvgIpc) is 2.98. The predicted octanol–water partition coefficient (Wildman–Crippen LogP) is 3.06. The van der Waals surface area contributed by atoms with Crippen LogP contribution in [-0.2, 0) is 9.53 Å². The molecule has 4 heteroatoms. The van der Waals surface area contributed by atoms with Crippen molar-refractivity contribution in [1.29, 1.82) is 0 Å². The predicted molar refractivity (Wildman–Crippen MR) is 84.9 cm³/mol. The van der Waals surface area contributed by atoms with Crippen molar-refractivity contribution >= 4 is 16.9 Å². The van der Waals surface area contributed by atoms with E-state index < -0.39 is 0 Å². The lowest BCUT2D eigenvalue weighted by Gasteiger charge is -2.14. The topological polar surface area (TPSA) is 48.4 Å². The molecular weight excluding hydrogens is 290 g/mol. The van der Waals surface area contributed by atoms with Crippen LogP contribution in [0.1, 0.15) is 12.8 Å². The summed E-state index contributed by atoms with van der Waals surface area (Å²) in [5, 5.41) is 0.985. The molecule has 6 rings (SSSR count). The van der Waals surface area contributed by atoms with Gasteiger partial charge in [0.15, 0.2) is 0 Å². The van der Waals surface area contributed by atoms with Gasteiger partial charge in [0.05, 0.1) is 11.4 Å². The van der Waals surface area contributed by atoms with Crippen molar-refractivity contribution in [3.8, 4) is 5.75 Å². The molecule has 23 heavy (non-hydrogen) atoms. The lowest BCUT2D eigenvalue weighted by molar-refractivity contribution is -0.150. The number of carbonyl (C=O) groups excluding carboxylic acids is 1. The van der Waals surface area contributed by atoms with E-state index in [1.807, 2.05) is 30.3 Å². The highest BCUT2D eigenvalue weighted by molar-refractivity contribution is 5.84. The van der Waals surface area contributed by atoms with Crippen molar-refractivity contribution < 1.29 is 14.3 Å². The van der Waals surface area contributed by atoms with Gasteiger partial charge in [-0.3, -0.25) is 9.78 Å². The first kappa shape index (κ1) is 13.3. The number of rotatable bonds is 5. The first-order valence-electron chi connectivity index (χ1n) is 8.46. The van der Waals surface area contributed by atoms with Crippen LogP contribution in [0.3, 0.4) is 0 Å². The van der Waals surface area contributed by atoms with Crippen LogP contribution in [0.2, 0.25) is 0 Å². The van der Waals surface area contributed by atoms with Gasteiger partial charge in [-0.05, 0) is 54.7 Å². The Morgan fingerprint density at radius 2 is 1.96 bits per heavy atom. The van der Waals surface area contributed by atoms with Crippen molar-refractivity contribution in [1.82, 2.24) is 4.98 Å². The summed E-state index contributed by atoms with van der Waals surface area (Å²) in [6.07, 6.45) is 4.26. The molecule has 1 aromatic heterocycles. The van der Waals surface area contributed by atoms with Crippen molar-refractivity contribution in [3.63, 3.8) is 0 Å². The van der Waals surface area contributed by atoms with E-state index in [2.05, 4.69) is 4.98 Å². The van der Waals surface area contributed by atoms with Crippen LogP contribution in [-0.4, -0.2) is 24.2 Å². The third kappa shape index (κ3) is 2.04. The summed E-state index contributed by atoms with van der Waals surface area (Å²) >= 11 is 0. The van der Waals surface area contributed by atoms with E-state index >= 15 is 0 Å². The number of hydrogen-bond acceptors (Lipinski definition) is 4. The standard InChI is InChI=1S/C19H19NO3/c21-19(17-11-9-13-14(10-11)18(13)17)23-8-7-22-16-5-6-20-15-4-2-1-3-12(15)16/h1-6,11,13-14,17-18H,7-10H2. The van der Waals surface area contributed by atoms with Crippen molar-refractivity contribution in [2.75, 3.05) is 13.2 Å². The van der Waals surface area contributed by atoms with Gasteiger partial charge in [-0.25, -0.2) is 0 Å². The Labute approximate surface area is 134 Å². The summed E-state index contributed by atoms with van der Waals surface area (Å²) in [7, 11) is 0. The molecule has 0 saturated heterocycles. The number of para-hydroxylation sites is 1. The molecule has 118 valence electrons. The molecular formula is C19H19NO3. The van der Waals surface area contributed by atoms with Gasteiger partial charge in [0, 0.05) is 11.6 Å². The molecule has 0 N–H and O–H groups in total. The molecule has 0 aliphatic heterocycles. The smallest absolute Gasteiger partial charge is 0.309 e. The molecule has 0 spiro atoms. The van der Waals surface area contributed by atoms with Gasteiger partial charge in [0.2, 0.25) is 0 Å². The largest absolute Gasteiger partial charge is 0.489 e. The lowest BCUT2D eigenvalue weighted by atomic mass is 9.99. The Morgan fingerprint density at radius 1 is 1.13 bits per heavy atom. The minimum Gasteiger partial charge on any atom is -0.489 e. The Hall–Kier alpha value is -2.10. The number of fused-ring (bicyclic) bond motifs is 1. The number of benzene rings is 1. The molecule has 4 saturated carbocycles. The molecule has 0 radical (unpaired) electrons. The van der Waals surface area contributed by atoms with Gasteiger partial charge in [-0.2, -0.15) is 0 Å². The van der Waals surface area contributed by atoms with E-state index in [1.54, 1.807) is 6.20 Å². The monoisotopic (exact) mass is 309 g/mol. The number of hydrogen-bond donors (Lipinski definition) is 0. The fraction of sp³-hybridized carbons (Fsp3) is 0.474. The maximum atomic E-state index is 12.3.